The summed E-state index contributed by atoms with van der Waals surface area (Å²) in [4.78, 5) is 13.2. The second-order valence-corrected chi connectivity index (χ2v) is 3.30. The van der Waals surface area contributed by atoms with Gasteiger partial charge in [0.25, 0.3) is 0 Å². The van der Waals surface area contributed by atoms with Crippen LogP contribution in [-0.2, 0) is 4.79 Å². The minimum atomic E-state index is -0.00675. The van der Waals surface area contributed by atoms with Crippen LogP contribution in [0.4, 0.5) is 5.69 Å². The molecule has 0 radical (unpaired) electrons. The van der Waals surface area contributed by atoms with Crippen molar-refractivity contribution in [1.82, 2.24) is 0 Å². The largest absolute Gasteiger partial charge is 0.326 e. The average molecular weight is 176 g/mol. The Hall–Kier alpha value is -1.35. The molecule has 1 aromatic rings. The Balaban J connectivity index is 2.23. The lowest BCUT2D eigenvalue weighted by atomic mass is 10.3. The second-order valence-electron chi connectivity index (χ2n) is 3.30. The van der Waals surface area contributed by atoms with Crippen molar-refractivity contribution in [1.29, 1.82) is 0 Å². The van der Waals surface area contributed by atoms with Crippen molar-refractivity contribution in [2.75, 3.05) is 11.4 Å². The highest BCUT2D eigenvalue weighted by atomic mass is 16.2. The molecular formula is C10H12N2O. The van der Waals surface area contributed by atoms with Gasteiger partial charge in [-0.05, 0) is 12.1 Å². The van der Waals surface area contributed by atoms with Crippen LogP contribution in [0.1, 0.15) is 6.42 Å². The normalized spacial score (nSPS) is 22.4. The highest BCUT2D eigenvalue weighted by Crippen LogP contribution is 2.19. The van der Waals surface area contributed by atoms with Gasteiger partial charge in [0.2, 0.25) is 5.91 Å². The van der Waals surface area contributed by atoms with Crippen molar-refractivity contribution in [2.45, 2.75) is 12.5 Å². The van der Waals surface area contributed by atoms with Crippen LogP contribution in [0.5, 0.6) is 0 Å². The molecule has 2 N–H and O–H groups in total. The van der Waals surface area contributed by atoms with Crippen molar-refractivity contribution < 1.29 is 4.79 Å². The second kappa shape index (κ2) is 3.18. The van der Waals surface area contributed by atoms with E-state index < -0.39 is 0 Å². The lowest BCUT2D eigenvalue weighted by Gasteiger charge is -2.15. The van der Waals surface area contributed by atoms with Crippen molar-refractivity contribution in [3.63, 3.8) is 0 Å². The van der Waals surface area contributed by atoms with Gasteiger partial charge in [-0.3, -0.25) is 4.79 Å². The van der Waals surface area contributed by atoms with Crippen molar-refractivity contribution in [3.8, 4) is 0 Å². The maximum atomic E-state index is 11.4. The summed E-state index contributed by atoms with van der Waals surface area (Å²) < 4.78 is 0. The summed E-state index contributed by atoms with van der Waals surface area (Å²) in [6, 6.07) is 9.63. The summed E-state index contributed by atoms with van der Waals surface area (Å²) in [6.07, 6.45) is 0.467. The number of anilines is 1. The monoisotopic (exact) mass is 176 g/mol. The number of benzene rings is 1. The molecule has 1 aliphatic rings. The summed E-state index contributed by atoms with van der Waals surface area (Å²) in [7, 11) is 0. The zero-order valence-corrected chi connectivity index (χ0v) is 7.31. The first-order valence-corrected chi connectivity index (χ1v) is 4.38. The first-order valence-electron chi connectivity index (χ1n) is 4.38. The number of rotatable bonds is 1. The summed E-state index contributed by atoms with van der Waals surface area (Å²) in [5, 5.41) is 0. The van der Waals surface area contributed by atoms with Gasteiger partial charge in [0.15, 0.2) is 0 Å². The van der Waals surface area contributed by atoms with Crippen LogP contribution < -0.4 is 10.6 Å². The van der Waals surface area contributed by atoms with Crippen molar-refractivity contribution in [3.05, 3.63) is 30.3 Å². The lowest BCUT2D eigenvalue weighted by Crippen LogP contribution is -2.27. The van der Waals surface area contributed by atoms with Crippen LogP contribution in [0.25, 0.3) is 0 Å². The Morgan fingerprint density at radius 2 is 2.00 bits per heavy atom. The number of hydrogen-bond donors (Lipinski definition) is 1. The molecule has 1 aromatic carbocycles. The number of hydrogen-bond acceptors (Lipinski definition) is 2. The van der Waals surface area contributed by atoms with Crippen LogP contribution in [0.2, 0.25) is 0 Å². The molecule has 68 valence electrons. The number of carbonyl (C=O) groups is 1. The summed E-state index contributed by atoms with van der Waals surface area (Å²) in [5.41, 5.74) is 6.64. The molecular weight excluding hydrogens is 164 g/mol. The minimum absolute atomic E-state index is 0.00675. The van der Waals surface area contributed by atoms with Gasteiger partial charge < -0.3 is 10.6 Å². The van der Waals surface area contributed by atoms with E-state index in [1.54, 1.807) is 4.90 Å². The van der Waals surface area contributed by atoms with E-state index in [2.05, 4.69) is 0 Å². The molecule has 1 atom stereocenters. The quantitative estimate of drug-likeness (QED) is 0.686. The third-order valence-corrected chi connectivity index (χ3v) is 2.22. The van der Waals surface area contributed by atoms with E-state index in [1.807, 2.05) is 30.3 Å². The Bertz CT molecular complexity index is 310. The number of para-hydroxylation sites is 1. The van der Waals surface area contributed by atoms with E-state index in [0.717, 1.165) is 5.69 Å². The third-order valence-electron chi connectivity index (χ3n) is 2.22. The standard InChI is InChI=1S/C10H12N2O/c11-8-6-10(13)12(7-8)9-4-2-1-3-5-9/h1-5,8H,6-7,11H2. The lowest BCUT2D eigenvalue weighted by molar-refractivity contribution is -0.117. The highest BCUT2D eigenvalue weighted by molar-refractivity contribution is 5.96. The van der Waals surface area contributed by atoms with Gasteiger partial charge in [-0.2, -0.15) is 0 Å². The molecule has 0 aliphatic carbocycles. The van der Waals surface area contributed by atoms with Crippen molar-refractivity contribution in [2.24, 2.45) is 5.73 Å². The van der Waals surface area contributed by atoms with Gasteiger partial charge in [0.05, 0.1) is 0 Å². The predicted octanol–water partition coefficient (Wildman–Crippen LogP) is 0.751. The topological polar surface area (TPSA) is 46.3 Å². The van der Waals surface area contributed by atoms with E-state index in [-0.39, 0.29) is 11.9 Å². The number of amides is 1. The van der Waals surface area contributed by atoms with Crippen LogP contribution in [0.3, 0.4) is 0 Å². The average Bonchev–Trinajstić information content (AvgIpc) is 2.47. The zero-order valence-electron chi connectivity index (χ0n) is 7.31. The summed E-state index contributed by atoms with van der Waals surface area (Å²) >= 11 is 0. The highest BCUT2D eigenvalue weighted by Gasteiger charge is 2.27. The minimum Gasteiger partial charge on any atom is -0.326 e. The van der Waals surface area contributed by atoms with E-state index in [0.29, 0.717) is 13.0 Å². The van der Waals surface area contributed by atoms with Crippen LogP contribution in [0, 0.1) is 0 Å². The Morgan fingerprint density at radius 1 is 1.31 bits per heavy atom. The molecule has 3 heteroatoms. The predicted molar refractivity (Wildman–Crippen MR) is 51.4 cm³/mol. The molecule has 1 saturated heterocycles. The van der Waals surface area contributed by atoms with E-state index in [4.69, 9.17) is 5.73 Å². The molecule has 1 amide bonds. The van der Waals surface area contributed by atoms with Crippen LogP contribution in [0.15, 0.2) is 30.3 Å². The van der Waals surface area contributed by atoms with Crippen LogP contribution in [-0.4, -0.2) is 18.5 Å². The number of nitrogens with zero attached hydrogens (tertiary/aromatic N) is 1. The number of carbonyl (C=O) groups excluding carboxylic acids is 1. The Kier molecular flexibility index (Phi) is 2.02. The Morgan fingerprint density at radius 3 is 2.54 bits per heavy atom. The maximum Gasteiger partial charge on any atom is 0.228 e. The van der Waals surface area contributed by atoms with Gasteiger partial charge in [-0.1, -0.05) is 18.2 Å². The summed E-state index contributed by atoms with van der Waals surface area (Å²) in [5.74, 6) is 0.124. The fourth-order valence-corrected chi connectivity index (χ4v) is 1.59. The molecule has 0 spiro atoms. The van der Waals surface area contributed by atoms with Crippen LogP contribution >= 0.6 is 0 Å². The Labute approximate surface area is 77.1 Å². The van der Waals surface area contributed by atoms with Gasteiger partial charge >= 0.3 is 0 Å². The molecule has 0 saturated carbocycles. The fraction of sp³-hybridized carbons (Fsp3) is 0.300. The SMILES string of the molecule is NC1CC(=O)N(c2ccccc2)C1. The third kappa shape index (κ3) is 1.55. The molecule has 13 heavy (non-hydrogen) atoms. The van der Waals surface area contributed by atoms with Gasteiger partial charge in [-0.25, -0.2) is 0 Å². The van der Waals surface area contributed by atoms with Crippen molar-refractivity contribution >= 4 is 11.6 Å². The molecule has 0 aromatic heterocycles. The van der Waals surface area contributed by atoms with Gasteiger partial charge in [0, 0.05) is 24.7 Å². The molecule has 2 rings (SSSR count). The molecule has 1 fully saturated rings. The number of nitrogens with two attached hydrogens (primary N) is 1. The van der Waals surface area contributed by atoms with Gasteiger partial charge in [-0.15, -0.1) is 0 Å². The van der Waals surface area contributed by atoms with E-state index >= 15 is 0 Å². The zero-order chi connectivity index (χ0) is 9.26. The molecule has 1 heterocycles. The molecule has 1 unspecified atom stereocenters. The molecule has 3 nitrogen and oxygen atoms in total. The maximum absolute atomic E-state index is 11.4. The summed E-state index contributed by atoms with van der Waals surface area (Å²) in [6.45, 7) is 0.642. The first kappa shape index (κ1) is 8.26. The fourth-order valence-electron chi connectivity index (χ4n) is 1.59. The smallest absolute Gasteiger partial charge is 0.228 e. The first-order chi connectivity index (χ1) is 6.27. The molecule has 1 aliphatic heterocycles. The van der Waals surface area contributed by atoms with E-state index in [9.17, 15) is 4.79 Å². The van der Waals surface area contributed by atoms with E-state index in [1.165, 1.54) is 0 Å². The van der Waals surface area contributed by atoms with Gasteiger partial charge in [0.1, 0.15) is 0 Å². The molecule has 0 bridgehead atoms.